The maximum absolute atomic E-state index is 12.3. The van der Waals surface area contributed by atoms with Crippen molar-refractivity contribution in [1.29, 1.82) is 0 Å². The first kappa shape index (κ1) is 13.4. The van der Waals surface area contributed by atoms with Crippen molar-refractivity contribution in [1.82, 2.24) is 4.90 Å². The molecular formula is C15H20N2O3. The molecule has 0 aliphatic carbocycles. The number of nitrogens with zero attached hydrogens (tertiary/aromatic N) is 1. The molecule has 1 N–H and O–H groups in total. The molecule has 0 amide bonds. The van der Waals surface area contributed by atoms with E-state index in [1.165, 1.54) is 0 Å². The van der Waals surface area contributed by atoms with E-state index < -0.39 is 0 Å². The lowest BCUT2D eigenvalue weighted by atomic mass is 10.1. The summed E-state index contributed by atoms with van der Waals surface area (Å²) in [5, 5.41) is 3.30. The molecule has 20 heavy (non-hydrogen) atoms. The third-order valence-corrected chi connectivity index (χ3v) is 3.68. The molecule has 0 radical (unpaired) electrons. The van der Waals surface area contributed by atoms with Gasteiger partial charge in [0.05, 0.1) is 32.0 Å². The summed E-state index contributed by atoms with van der Waals surface area (Å²) >= 11 is 0. The average Bonchev–Trinajstić information content (AvgIpc) is 2.47. The Hall–Kier alpha value is -1.59. The van der Waals surface area contributed by atoms with Crippen LogP contribution in [0, 0.1) is 0 Å². The minimum atomic E-state index is 0.148. The van der Waals surface area contributed by atoms with Gasteiger partial charge in [-0.25, -0.2) is 0 Å². The predicted molar refractivity (Wildman–Crippen MR) is 76.6 cm³/mol. The Labute approximate surface area is 118 Å². The van der Waals surface area contributed by atoms with E-state index >= 15 is 0 Å². The molecule has 1 saturated heterocycles. The van der Waals surface area contributed by atoms with Gasteiger partial charge in [-0.05, 0) is 25.1 Å². The molecule has 108 valence electrons. The smallest absolute Gasteiger partial charge is 0.176 e. The van der Waals surface area contributed by atoms with E-state index in [1.807, 2.05) is 25.1 Å². The molecule has 1 fully saturated rings. The number of hydrogen-bond acceptors (Lipinski definition) is 5. The van der Waals surface area contributed by atoms with E-state index in [-0.39, 0.29) is 11.9 Å². The zero-order valence-corrected chi connectivity index (χ0v) is 11.7. The zero-order valence-electron chi connectivity index (χ0n) is 11.7. The molecule has 1 atom stereocenters. The summed E-state index contributed by atoms with van der Waals surface area (Å²) in [4.78, 5) is 14.4. The Bertz CT molecular complexity index is 498. The quantitative estimate of drug-likeness (QED) is 0.846. The summed E-state index contributed by atoms with van der Waals surface area (Å²) in [7, 11) is 0. The van der Waals surface area contributed by atoms with Gasteiger partial charge >= 0.3 is 0 Å². The van der Waals surface area contributed by atoms with Gasteiger partial charge in [0.2, 0.25) is 0 Å². The van der Waals surface area contributed by atoms with E-state index in [1.54, 1.807) is 0 Å². The number of carbonyl (C=O) groups is 1. The first-order valence-corrected chi connectivity index (χ1v) is 7.10. The van der Waals surface area contributed by atoms with Gasteiger partial charge in [0.25, 0.3) is 0 Å². The molecule has 0 spiro atoms. The number of Topliss-reactive ketones (excluding diaryl/α,β-unsaturated/α-hetero) is 1. The zero-order chi connectivity index (χ0) is 13.9. The van der Waals surface area contributed by atoms with Gasteiger partial charge in [-0.1, -0.05) is 0 Å². The largest absolute Gasteiger partial charge is 0.487 e. The number of ketones is 1. The van der Waals surface area contributed by atoms with Crippen molar-refractivity contribution in [3.63, 3.8) is 0 Å². The first-order valence-electron chi connectivity index (χ1n) is 7.10. The van der Waals surface area contributed by atoms with Gasteiger partial charge in [-0.3, -0.25) is 9.69 Å². The third-order valence-electron chi connectivity index (χ3n) is 3.68. The van der Waals surface area contributed by atoms with Crippen LogP contribution >= 0.6 is 0 Å². The highest BCUT2D eigenvalue weighted by Gasteiger charge is 2.19. The molecule has 3 rings (SSSR count). The second-order valence-electron chi connectivity index (χ2n) is 5.33. The van der Waals surface area contributed by atoms with Crippen LogP contribution in [0.4, 0.5) is 5.69 Å². The van der Waals surface area contributed by atoms with Crippen LogP contribution in [0.2, 0.25) is 0 Å². The fraction of sp³-hybridized carbons (Fsp3) is 0.533. The number of rotatable bonds is 3. The van der Waals surface area contributed by atoms with Crippen molar-refractivity contribution >= 4 is 11.5 Å². The molecule has 5 heteroatoms. The molecule has 0 bridgehead atoms. The number of benzene rings is 1. The fourth-order valence-electron chi connectivity index (χ4n) is 2.51. The maximum atomic E-state index is 12.3. The Morgan fingerprint density at radius 3 is 3.00 bits per heavy atom. The standard InChI is InChI=1S/C15H20N2O3/c1-11-9-16-13-8-12(2-3-15(13)20-11)14(18)10-17-4-6-19-7-5-17/h2-3,8,11,16H,4-7,9-10H2,1H3. The molecule has 2 aliphatic rings. The van der Waals surface area contributed by atoms with Crippen LogP contribution in [0.3, 0.4) is 0 Å². The van der Waals surface area contributed by atoms with Gasteiger partial charge in [-0.15, -0.1) is 0 Å². The van der Waals surface area contributed by atoms with Crippen molar-refractivity contribution in [3.05, 3.63) is 23.8 Å². The van der Waals surface area contributed by atoms with Crippen LogP contribution in [-0.2, 0) is 4.74 Å². The Kier molecular flexibility index (Phi) is 3.89. The van der Waals surface area contributed by atoms with E-state index in [0.29, 0.717) is 19.8 Å². The van der Waals surface area contributed by atoms with Crippen molar-refractivity contribution in [2.45, 2.75) is 13.0 Å². The lowest BCUT2D eigenvalue weighted by Gasteiger charge is -2.27. The van der Waals surface area contributed by atoms with Gasteiger partial charge in [-0.2, -0.15) is 0 Å². The van der Waals surface area contributed by atoms with Crippen molar-refractivity contribution in [2.24, 2.45) is 0 Å². The van der Waals surface area contributed by atoms with Gasteiger partial charge < -0.3 is 14.8 Å². The van der Waals surface area contributed by atoms with E-state index in [9.17, 15) is 4.79 Å². The predicted octanol–water partition coefficient (Wildman–Crippen LogP) is 1.39. The summed E-state index contributed by atoms with van der Waals surface area (Å²) in [6, 6.07) is 5.62. The molecule has 2 aliphatic heterocycles. The van der Waals surface area contributed by atoms with Crippen molar-refractivity contribution in [2.75, 3.05) is 44.7 Å². The topological polar surface area (TPSA) is 50.8 Å². The second kappa shape index (κ2) is 5.81. The number of hydrogen-bond donors (Lipinski definition) is 1. The third kappa shape index (κ3) is 2.94. The number of morpholine rings is 1. The lowest BCUT2D eigenvalue weighted by Crippen LogP contribution is -2.39. The van der Waals surface area contributed by atoms with Crippen molar-refractivity contribution in [3.8, 4) is 5.75 Å². The number of carbonyl (C=O) groups excluding carboxylic acids is 1. The van der Waals surface area contributed by atoms with Crippen LogP contribution in [0.15, 0.2) is 18.2 Å². The average molecular weight is 276 g/mol. The van der Waals surface area contributed by atoms with E-state index in [0.717, 1.165) is 36.6 Å². The number of nitrogens with one attached hydrogen (secondary N) is 1. The van der Waals surface area contributed by atoms with Crippen LogP contribution in [0.25, 0.3) is 0 Å². The fourth-order valence-corrected chi connectivity index (χ4v) is 2.51. The monoisotopic (exact) mass is 276 g/mol. The highest BCUT2D eigenvalue weighted by molar-refractivity contribution is 5.98. The molecule has 5 nitrogen and oxygen atoms in total. The number of ether oxygens (including phenoxy) is 2. The molecule has 1 unspecified atom stereocenters. The maximum Gasteiger partial charge on any atom is 0.176 e. The van der Waals surface area contributed by atoms with Crippen LogP contribution < -0.4 is 10.1 Å². The summed E-state index contributed by atoms with van der Waals surface area (Å²) in [5.74, 6) is 0.974. The SMILES string of the molecule is CC1CNc2cc(C(=O)CN3CCOCC3)ccc2O1. The normalized spacial score (nSPS) is 22.6. The molecule has 0 saturated carbocycles. The van der Waals surface area contributed by atoms with Gasteiger partial charge in [0, 0.05) is 18.7 Å². The summed E-state index contributed by atoms with van der Waals surface area (Å²) in [5.41, 5.74) is 1.65. The highest BCUT2D eigenvalue weighted by Crippen LogP contribution is 2.30. The van der Waals surface area contributed by atoms with Crippen LogP contribution in [-0.4, -0.2) is 56.2 Å². The van der Waals surface area contributed by atoms with Crippen LogP contribution in [0.1, 0.15) is 17.3 Å². The Morgan fingerprint density at radius 2 is 2.20 bits per heavy atom. The molecule has 2 heterocycles. The Balaban J connectivity index is 1.69. The molecule has 1 aromatic carbocycles. The van der Waals surface area contributed by atoms with E-state index in [4.69, 9.17) is 9.47 Å². The second-order valence-corrected chi connectivity index (χ2v) is 5.33. The molecule has 1 aromatic rings. The highest BCUT2D eigenvalue weighted by atomic mass is 16.5. The van der Waals surface area contributed by atoms with E-state index in [2.05, 4.69) is 10.2 Å². The van der Waals surface area contributed by atoms with Crippen LogP contribution in [0.5, 0.6) is 5.75 Å². The molecule has 0 aromatic heterocycles. The first-order chi connectivity index (χ1) is 9.72. The lowest BCUT2D eigenvalue weighted by molar-refractivity contribution is 0.0371. The number of fused-ring (bicyclic) bond motifs is 1. The Morgan fingerprint density at radius 1 is 1.40 bits per heavy atom. The summed E-state index contributed by atoms with van der Waals surface area (Å²) < 4.78 is 11.0. The minimum Gasteiger partial charge on any atom is -0.487 e. The summed E-state index contributed by atoms with van der Waals surface area (Å²) in [6.45, 7) is 6.33. The van der Waals surface area contributed by atoms with Gasteiger partial charge in [0.15, 0.2) is 5.78 Å². The van der Waals surface area contributed by atoms with Crippen molar-refractivity contribution < 1.29 is 14.3 Å². The van der Waals surface area contributed by atoms with Gasteiger partial charge in [0.1, 0.15) is 11.9 Å². The molecular weight excluding hydrogens is 256 g/mol. The number of anilines is 1. The summed E-state index contributed by atoms with van der Waals surface area (Å²) in [6.07, 6.45) is 0.164. The minimum absolute atomic E-state index is 0.148.